The van der Waals surface area contributed by atoms with E-state index in [1.54, 1.807) is 26.0 Å². The molecule has 0 radical (unpaired) electrons. The highest BCUT2D eigenvalue weighted by atomic mass is 32.2. The number of amides is 1. The van der Waals surface area contributed by atoms with Gasteiger partial charge in [-0.3, -0.25) is 4.79 Å². The van der Waals surface area contributed by atoms with Crippen LogP contribution in [0.25, 0.3) is 0 Å². The van der Waals surface area contributed by atoms with Gasteiger partial charge in [0.15, 0.2) is 9.84 Å². The monoisotopic (exact) mass is 386 g/mol. The Morgan fingerprint density at radius 3 is 2.41 bits per heavy atom. The standard InChI is InChI=1S/C21H26N2O3S/c1-16(2)27(25,26)20-10-8-18(9-11-20)21(24)22-14-17-12-13-23(15-17)19-6-4-3-5-7-19/h3-11,16-17H,12-15H2,1-2H3,(H,22,24). The SMILES string of the molecule is CC(C)S(=O)(=O)c1ccc(C(=O)NCC2CCN(c3ccccc3)C2)cc1. The number of carbonyl (C=O) groups is 1. The van der Waals surface area contributed by atoms with Gasteiger partial charge in [0.25, 0.3) is 5.91 Å². The zero-order valence-corrected chi connectivity index (χ0v) is 16.6. The van der Waals surface area contributed by atoms with Gasteiger partial charge in [-0.2, -0.15) is 0 Å². The number of hydrogen-bond acceptors (Lipinski definition) is 4. The van der Waals surface area contributed by atoms with Gasteiger partial charge in [-0.05, 0) is 62.6 Å². The number of hydrogen-bond donors (Lipinski definition) is 1. The molecule has 1 amide bonds. The average molecular weight is 387 g/mol. The lowest BCUT2D eigenvalue weighted by Gasteiger charge is -2.18. The van der Waals surface area contributed by atoms with Gasteiger partial charge < -0.3 is 10.2 Å². The second-order valence-corrected chi connectivity index (χ2v) is 9.77. The largest absolute Gasteiger partial charge is 0.371 e. The van der Waals surface area contributed by atoms with Crippen LogP contribution in [0, 0.1) is 5.92 Å². The van der Waals surface area contributed by atoms with E-state index in [4.69, 9.17) is 0 Å². The first-order chi connectivity index (χ1) is 12.9. The Morgan fingerprint density at radius 2 is 1.78 bits per heavy atom. The highest BCUT2D eigenvalue weighted by molar-refractivity contribution is 7.92. The summed E-state index contributed by atoms with van der Waals surface area (Å²) in [4.78, 5) is 15.0. The first-order valence-electron chi connectivity index (χ1n) is 9.30. The molecule has 0 spiro atoms. The van der Waals surface area contributed by atoms with Crippen molar-refractivity contribution >= 4 is 21.4 Å². The van der Waals surface area contributed by atoms with E-state index < -0.39 is 15.1 Å². The van der Waals surface area contributed by atoms with E-state index in [-0.39, 0.29) is 10.8 Å². The molecular weight excluding hydrogens is 360 g/mol. The van der Waals surface area contributed by atoms with Crippen LogP contribution in [0.15, 0.2) is 59.5 Å². The summed E-state index contributed by atoms with van der Waals surface area (Å²) in [5, 5.41) is 2.50. The highest BCUT2D eigenvalue weighted by Crippen LogP contribution is 2.23. The van der Waals surface area contributed by atoms with Gasteiger partial charge in [-0.25, -0.2) is 8.42 Å². The minimum absolute atomic E-state index is 0.165. The molecular formula is C21H26N2O3S. The summed E-state index contributed by atoms with van der Waals surface area (Å²) in [5.74, 6) is 0.247. The number of nitrogens with zero attached hydrogens (tertiary/aromatic N) is 1. The third kappa shape index (κ3) is 4.50. The Kier molecular flexibility index (Phi) is 5.85. The van der Waals surface area contributed by atoms with E-state index >= 15 is 0 Å². The predicted octanol–water partition coefficient (Wildman–Crippen LogP) is 3.13. The minimum atomic E-state index is -3.31. The normalized spacial score (nSPS) is 17.3. The van der Waals surface area contributed by atoms with Crippen molar-refractivity contribution in [3.63, 3.8) is 0 Å². The molecule has 1 N–H and O–H groups in total. The Bertz CT molecular complexity index is 877. The number of sulfone groups is 1. The molecule has 1 fully saturated rings. The van der Waals surface area contributed by atoms with Gasteiger partial charge in [-0.15, -0.1) is 0 Å². The van der Waals surface area contributed by atoms with E-state index in [1.807, 2.05) is 18.2 Å². The molecule has 5 nitrogen and oxygen atoms in total. The van der Waals surface area contributed by atoms with Crippen LogP contribution in [0.4, 0.5) is 5.69 Å². The van der Waals surface area contributed by atoms with Gasteiger partial charge in [0.2, 0.25) is 0 Å². The van der Waals surface area contributed by atoms with Crippen molar-refractivity contribution in [1.29, 1.82) is 0 Å². The quantitative estimate of drug-likeness (QED) is 0.828. The van der Waals surface area contributed by atoms with Crippen LogP contribution in [0.1, 0.15) is 30.6 Å². The fraction of sp³-hybridized carbons (Fsp3) is 0.381. The van der Waals surface area contributed by atoms with Crippen molar-refractivity contribution in [1.82, 2.24) is 5.32 Å². The molecule has 0 bridgehead atoms. The number of rotatable bonds is 6. The van der Waals surface area contributed by atoms with Gasteiger partial charge in [0, 0.05) is 30.9 Å². The number of benzene rings is 2. The molecule has 1 aliphatic rings. The summed E-state index contributed by atoms with van der Waals surface area (Å²) in [5.41, 5.74) is 1.70. The second kappa shape index (κ2) is 8.13. The topological polar surface area (TPSA) is 66.5 Å². The molecule has 144 valence electrons. The molecule has 1 unspecified atom stereocenters. The van der Waals surface area contributed by atoms with Crippen LogP contribution in [-0.2, 0) is 9.84 Å². The Morgan fingerprint density at radius 1 is 1.11 bits per heavy atom. The smallest absolute Gasteiger partial charge is 0.251 e. The summed E-state index contributed by atoms with van der Waals surface area (Å²) in [6, 6.07) is 16.5. The molecule has 3 rings (SSSR count). The van der Waals surface area contributed by atoms with Crippen LogP contribution < -0.4 is 10.2 Å². The molecule has 2 aromatic carbocycles. The number of carbonyl (C=O) groups excluding carboxylic acids is 1. The van der Waals surface area contributed by atoms with Crippen LogP contribution in [-0.4, -0.2) is 39.2 Å². The third-order valence-corrected chi connectivity index (χ3v) is 7.19. The molecule has 0 saturated carbocycles. The summed E-state index contributed by atoms with van der Waals surface area (Å²) >= 11 is 0. The molecule has 1 heterocycles. The number of para-hydroxylation sites is 1. The van der Waals surface area contributed by atoms with Crippen molar-refractivity contribution in [2.75, 3.05) is 24.5 Å². The van der Waals surface area contributed by atoms with Gasteiger partial charge >= 0.3 is 0 Å². The molecule has 27 heavy (non-hydrogen) atoms. The molecule has 0 aliphatic carbocycles. The predicted molar refractivity (Wildman–Crippen MR) is 108 cm³/mol. The maximum atomic E-state index is 12.4. The van der Waals surface area contributed by atoms with Gasteiger partial charge in [0.1, 0.15) is 0 Å². The van der Waals surface area contributed by atoms with Crippen molar-refractivity contribution < 1.29 is 13.2 Å². The van der Waals surface area contributed by atoms with E-state index in [0.29, 0.717) is 18.0 Å². The Hall–Kier alpha value is -2.34. The summed E-state index contributed by atoms with van der Waals surface area (Å²) in [7, 11) is -3.31. The fourth-order valence-electron chi connectivity index (χ4n) is 3.28. The summed E-state index contributed by atoms with van der Waals surface area (Å²) in [6.07, 6.45) is 1.04. The van der Waals surface area contributed by atoms with Crippen LogP contribution in [0.3, 0.4) is 0 Å². The van der Waals surface area contributed by atoms with E-state index in [1.165, 1.54) is 17.8 Å². The first kappa shape index (κ1) is 19.4. The summed E-state index contributed by atoms with van der Waals surface area (Å²) < 4.78 is 24.3. The molecule has 6 heteroatoms. The molecule has 2 aromatic rings. The molecule has 0 aromatic heterocycles. The first-order valence-corrected chi connectivity index (χ1v) is 10.8. The lowest BCUT2D eigenvalue weighted by Crippen LogP contribution is -2.31. The average Bonchev–Trinajstić information content (AvgIpc) is 3.16. The van der Waals surface area contributed by atoms with E-state index in [9.17, 15) is 13.2 Å². The van der Waals surface area contributed by atoms with Crippen LogP contribution in [0.2, 0.25) is 0 Å². The molecule has 1 atom stereocenters. The van der Waals surface area contributed by atoms with Gasteiger partial charge in [-0.1, -0.05) is 18.2 Å². The zero-order chi connectivity index (χ0) is 19.4. The molecule has 1 aliphatic heterocycles. The van der Waals surface area contributed by atoms with Crippen molar-refractivity contribution in [3.05, 3.63) is 60.2 Å². The molecule has 1 saturated heterocycles. The van der Waals surface area contributed by atoms with Crippen LogP contribution >= 0.6 is 0 Å². The third-order valence-electron chi connectivity index (χ3n) is 5.02. The maximum Gasteiger partial charge on any atom is 0.251 e. The Balaban J connectivity index is 1.54. The Labute approximate surface area is 161 Å². The van der Waals surface area contributed by atoms with Crippen molar-refractivity contribution in [3.8, 4) is 0 Å². The zero-order valence-electron chi connectivity index (χ0n) is 15.8. The van der Waals surface area contributed by atoms with Gasteiger partial charge in [0.05, 0.1) is 10.1 Å². The second-order valence-electron chi connectivity index (χ2n) is 7.26. The van der Waals surface area contributed by atoms with Crippen molar-refractivity contribution in [2.24, 2.45) is 5.92 Å². The maximum absolute atomic E-state index is 12.4. The fourth-order valence-corrected chi connectivity index (χ4v) is 4.34. The lowest BCUT2D eigenvalue weighted by molar-refractivity contribution is 0.0948. The summed E-state index contributed by atoms with van der Waals surface area (Å²) in [6.45, 7) is 5.84. The number of nitrogens with one attached hydrogen (secondary N) is 1. The van der Waals surface area contributed by atoms with Crippen molar-refractivity contribution in [2.45, 2.75) is 30.4 Å². The van der Waals surface area contributed by atoms with Crippen LogP contribution in [0.5, 0.6) is 0 Å². The van der Waals surface area contributed by atoms with E-state index in [0.717, 1.165) is 19.5 Å². The minimum Gasteiger partial charge on any atom is -0.371 e. The highest BCUT2D eigenvalue weighted by Gasteiger charge is 2.23. The number of anilines is 1. The lowest BCUT2D eigenvalue weighted by atomic mass is 10.1. The van der Waals surface area contributed by atoms with E-state index in [2.05, 4.69) is 22.3 Å².